The fraction of sp³-hybridized carbons (Fsp3) is 0.889. The normalized spacial score (nSPS) is 18.0. The van der Waals surface area contributed by atoms with Crippen molar-refractivity contribution in [3.05, 3.63) is 0 Å². The van der Waals surface area contributed by atoms with Gasteiger partial charge in [0, 0.05) is 26.1 Å². The number of nitrogens with one attached hydrogen (secondary N) is 1. The SMILES string of the molecule is CCCCCCCCNC(=O)C1CC(=O)N(CCCN(C)C)C1. The van der Waals surface area contributed by atoms with Gasteiger partial charge in [-0.2, -0.15) is 0 Å². The van der Waals surface area contributed by atoms with Crippen molar-refractivity contribution in [2.75, 3.05) is 40.3 Å². The molecule has 1 atom stereocenters. The lowest BCUT2D eigenvalue weighted by Gasteiger charge is -2.18. The molecular weight excluding hydrogens is 290 g/mol. The van der Waals surface area contributed by atoms with Gasteiger partial charge in [-0.05, 0) is 33.5 Å². The minimum atomic E-state index is -0.151. The Kier molecular flexibility index (Phi) is 9.92. The summed E-state index contributed by atoms with van der Waals surface area (Å²) in [7, 11) is 4.06. The maximum atomic E-state index is 12.2. The number of amides is 2. The van der Waals surface area contributed by atoms with Gasteiger partial charge in [-0.1, -0.05) is 39.0 Å². The van der Waals surface area contributed by atoms with Crippen molar-refractivity contribution in [2.45, 2.75) is 58.3 Å². The first-order valence-electron chi connectivity index (χ1n) is 9.24. The summed E-state index contributed by atoms with van der Waals surface area (Å²) in [6, 6.07) is 0. The fourth-order valence-corrected chi connectivity index (χ4v) is 3.00. The first kappa shape index (κ1) is 19.9. The van der Waals surface area contributed by atoms with E-state index in [0.29, 0.717) is 13.0 Å². The van der Waals surface area contributed by atoms with E-state index in [1.807, 2.05) is 19.0 Å². The zero-order valence-electron chi connectivity index (χ0n) is 15.3. The Bertz CT molecular complexity index is 358. The predicted octanol–water partition coefficient (Wildman–Crippen LogP) is 2.26. The van der Waals surface area contributed by atoms with Crippen LogP contribution in [0, 0.1) is 5.92 Å². The molecule has 0 aromatic carbocycles. The van der Waals surface area contributed by atoms with Crippen LogP contribution in [0.1, 0.15) is 58.3 Å². The van der Waals surface area contributed by atoms with E-state index < -0.39 is 0 Å². The Balaban J connectivity index is 2.13. The first-order valence-corrected chi connectivity index (χ1v) is 9.24. The quantitative estimate of drug-likeness (QED) is 0.560. The lowest BCUT2D eigenvalue weighted by atomic mass is 10.1. The Morgan fingerprint density at radius 3 is 2.57 bits per heavy atom. The molecule has 0 aromatic heterocycles. The Morgan fingerprint density at radius 1 is 1.17 bits per heavy atom. The van der Waals surface area contributed by atoms with E-state index in [4.69, 9.17) is 0 Å². The first-order chi connectivity index (χ1) is 11.0. The zero-order valence-corrected chi connectivity index (χ0v) is 15.3. The number of hydrogen-bond donors (Lipinski definition) is 1. The Hall–Kier alpha value is -1.10. The van der Waals surface area contributed by atoms with Crippen LogP contribution in [0.2, 0.25) is 0 Å². The van der Waals surface area contributed by atoms with E-state index in [1.165, 1.54) is 32.1 Å². The molecule has 1 rings (SSSR count). The molecule has 1 aliphatic rings. The molecule has 134 valence electrons. The molecule has 1 N–H and O–H groups in total. The number of nitrogens with zero attached hydrogens (tertiary/aromatic N) is 2. The van der Waals surface area contributed by atoms with Crippen LogP contribution in [0.5, 0.6) is 0 Å². The number of rotatable bonds is 12. The van der Waals surface area contributed by atoms with E-state index in [2.05, 4.69) is 17.1 Å². The van der Waals surface area contributed by atoms with Crippen molar-refractivity contribution in [3.63, 3.8) is 0 Å². The second-order valence-electron chi connectivity index (χ2n) is 6.96. The molecule has 0 radical (unpaired) electrons. The molecule has 0 spiro atoms. The Labute approximate surface area is 141 Å². The molecule has 0 aliphatic carbocycles. The van der Waals surface area contributed by atoms with Crippen molar-refractivity contribution < 1.29 is 9.59 Å². The molecule has 5 nitrogen and oxygen atoms in total. The molecular formula is C18H35N3O2. The third-order valence-corrected chi connectivity index (χ3v) is 4.45. The minimum Gasteiger partial charge on any atom is -0.356 e. The molecule has 1 aliphatic heterocycles. The average molecular weight is 325 g/mol. The van der Waals surface area contributed by atoms with Crippen molar-refractivity contribution >= 4 is 11.8 Å². The number of likely N-dealkylation sites (tertiary alicyclic amines) is 1. The van der Waals surface area contributed by atoms with Crippen molar-refractivity contribution in [1.29, 1.82) is 0 Å². The smallest absolute Gasteiger partial charge is 0.225 e. The van der Waals surface area contributed by atoms with E-state index >= 15 is 0 Å². The van der Waals surface area contributed by atoms with Crippen LogP contribution in [-0.4, -0.2) is 61.9 Å². The second-order valence-corrected chi connectivity index (χ2v) is 6.96. The van der Waals surface area contributed by atoms with Crippen LogP contribution in [-0.2, 0) is 9.59 Å². The van der Waals surface area contributed by atoms with Gasteiger partial charge < -0.3 is 15.1 Å². The van der Waals surface area contributed by atoms with Crippen LogP contribution in [0.4, 0.5) is 0 Å². The highest BCUT2D eigenvalue weighted by Gasteiger charge is 2.33. The summed E-state index contributed by atoms with van der Waals surface area (Å²) in [6.45, 7) is 5.29. The zero-order chi connectivity index (χ0) is 17.1. The highest BCUT2D eigenvalue weighted by atomic mass is 16.2. The summed E-state index contributed by atoms with van der Waals surface area (Å²) in [5, 5.41) is 3.00. The standard InChI is InChI=1S/C18H35N3O2/c1-4-5-6-7-8-9-11-19-18(23)16-14-17(22)21(15-16)13-10-12-20(2)3/h16H,4-15H2,1-3H3,(H,19,23). The second kappa shape index (κ2) is 11.4. The third kappa shape index (κ3) is 8.35. The number of hydrogen-bond acceptors (Lipinski definition) is 3. The molecule has 1 fully saturated rings. The molecule has 0 aromatic rings. The van der Waals surface area contributed by atoms with Crippen LogP contribution in [0.3, 0.4) is 0 Å². The van der Waals surface area contributed by atoms with Crippen LogP contribution in [0.25, 0.3) is 0 Å². The summed E-state index contributed by atoms with van der Waals surface area (Å²) in [4.78, 5) is 28.1. The van der Waals surface area contributed by atoms with Gasteiger partial charge in [0.05, 0.1) is 5.92 Å². The lowest BCUT2D eigenvalue weighted by Crippen LogP contribution is -2.34. The molecule has 5 heteroatoms. The van der Waals surface area contributed by atoms with Gasteiger partial charge in [-0.3, -0.25) is 9.59 Å². The summed E-state index contributed by atoms with van der Waals surface area (Å²) in [6.07, 6.45) is 8.69. The number of carbonyl (C=O) groups excluding carboxylic acids is 2. The van der Waals surface area contributed by atoms with Gasteiger partial charge in [0.25, 0.3) is 0 Å². The molecule has 1 saturated heterocycles. The van der Waals surface area contributed by atoms with Crippen LogP contribution >= 0.6 is 0 Å². The van der Waals surface area contributed by atoms with E-state index in [1.54, 1.807) is 0 Å². The predicted molar refractivity (Wildman–Crippen MR) is 94.2 cm³/mol. The maximum absolute atomic E-state index is 12.2. The molecule has 0 bridgehead atoms. The van der Waals surface area contributed by atoms with Gasteiger partial charge >= 0.3 is 0 Å². The summed E-state index contributed by atoms with van der Waals surface area (Å²) in [5.41, 5.74) is 0. The number of unbranched alkanes of at least 4 members (excludes halogenated alkanes) is 5. The molecule has 2 amide bonds. The van der Waals surface area contributed by atoms with Crippen molar-refractivity contribution in [1.82, 2.24) is 15.1 Å². The Morgan fingerprint density at radius 2 is 1.87 bits per heavy atom. The van der Waals surface area contributed by atoms with Gasteiger partial charge in [0.15, 0.2) is 0 Å². The highest BCUT2D eigenvalue weighted by molar-refractivity contribution is 5.89. The van der Waals surface area contributed by atoms with Gasteiger partial charge in [0.1, 0.15) is 0 Å². The fourth-order valence-electron chi connectivity index (χ4n) is 3.00. The van der Waals surface area contributed by atoms with Gasteiger partial charge in [-0.25, -0.2) is 0 Å². The van der Waals surface area contributed by atoms with Crippen molar-refractivity contribution in [3.8, 4) is 0 Å². The van der Waals surface area contributed by atoms with Gasteiger partial charge in [-0.15, -0.1) is 0 Å². The largest absolute Gasteiger partial charge is 0.356 e. The summed E-state index contributed by atoms with van der Waals surface area (Å²) in [5.74, 6) is 0.0347. The third-order valence-electron chi connectivity index (χ3n) is 4.45. The van der Waals surface area contributed by atoms with E-state index in [-0.39, 0.29) is 17.7 Å². The highest BCUT2D eigenvalue weighted by Crippen LogP contribution is 2.18. The molecule has 1 unspecified atom stereocenters. The topological polar surface area (TPSA) is 52.7 Å². The number of carbonyl (C=O) groups is 2. The molecule has 23 heavy (non-hydrogen) atoms. The minimum absolute atomic E-state index is 0.0574. The van der Waals surface area contributed by atoms with Crippen molar-refractivity contribution in [2.24, 2.45) is 5.92 Å². The van der Waals surface area contributed by atoms with E-state index in [0.717, 1.165) is 32.5 Å². The maximum Gasteiger partial charge on any atom is 0.225 e. The summed E-state index contributed by atoms with van der Waals surface area (Å²) < 4.78 is 0. The average Bonchev–Trinajstić information content (AvgIpc) is 2.87. The van der Waals surface area contributed by atoms with Crippen LogP contribution in [0.15, 0.2) is 0 Å². The summed E-state index contributed by atoms with van der Waals surface area (Å²) >= 11 is 0. The monoisotopic (exact) mass is 325 g/mol. The van der Waals surface area contributed by atoms with E-state index in [9.17, 15) is 9.59 Å². The van der Waals surface area contributed by atoms with Gasteiger partial charge in [0.2, 0.25) is 11.8 Å². The lowest BCUT2D eigenvalue weighted by molar-refractivity contribution is -0.129. The van der Waals surface area contributed by atoms with Crippen LogP contribution < -0.4 is 5.32 Å². The molecule has 0 saturated carbocycles. The molecule has 1 heterocycles.